The second kappa shape index (κ2) is 17.0. The van der Waals surface area contributed by atoms with Crippen LogP contribution in [0.25, 0.3) is 55.6 Å². The molecule has 0 saturated carbocycles. The molecular weight excluding hydrogens is 921 g/mol. The molecule has 3 aromatic heterocycles. The number of carbonyl (C=O) groups is 2. The number of aromatic nitrogens is 2. The van der Waals surface area contributed by atoms with E-state index in [0.717, 1.165) is 44.3 Å². The van der Waals surface area contributed by atoms with Gasteiger partial charge in [-0.1, -0.05) is 66.8 Å². The van der Waals surface area contributed by atoms with Crippen molar-refractivity contribution in [2.45, 2.75) is 43.9 Å². The van der Waals surface area contributed by atoms with E-state index in [2.05, 4.69) is 62.1 Å². The summed E-state index contributed by atoms with van der Waals surface area (Å²) in [6.45, 7) is 5.79. The normalized spacial score (nSPS) is 11.6. The van der Waals surface area contributed by atoms with E-state index in [-0.39, 0.29) is 31.2 Å². The van der Waals surface area contributed by atoms with Gasteiger partial charge in [-0.15, -0.1) is 18.2 Å². The number of hydrogen-bond donors (Lipinski definition) is 2. The number of rotatable bonds is 7. The monoisotopic (exact) mass is 962 g/mol. The molecule has 0 bridgehead atoms. The van der Waals surface area contributed by atoms with Gasteiger partial charge in [-0.3, -0.25) is 4.89 Å². The third-order valence-electron chi connectivity index (χ3n) is 8.89. The van der Waals surface area contributed by atoms with Crippen molar-refractivity contribution in [2.24, 2.45) is 0 Å². The molecule has 0 saturated heterocycles. The first-order chi connectivity index (χ1) is 25.7. The van der Waals surface area contributed by atoms with Crippen LogP contribution < -0.4 is 4.40 Å². The van der Waals surface area contributed by atoms with Crippen LogP contribution in [0.3, 0.4) is 0 Å². The Hall–Kier alpha value is -4.97. The molecule has 7 aromatic rings. The molecule has 0 aliphatic carbocycles. The van der Waals surface area contributed by atoms with E-state index in [0.29, 0.717) is 16.9 Å². The van der Waals surface area contributed by atoms with Gasteiger partial charge in [-0.05, 0) is 35.4 Å². The number of furan rings is 1. The number of hydrogen-bond acceptors (Lipinski definition) is 9. The first kappa shape index (κ1) is 38.7. The number of benzene rings is 4. The van der Waals surface area contributed by atoms with E-state index in [1.54, 1.807) is 42.6 Å². The molecule has 0 atom stereocenters. The minimum absolute atomic E-state index is 0. The molecule has 0 amide bonds. The maximum absolute atomic E-state index is 11.5. The van der Waals surface area contributed by atoms with E-state index < -0.39 is 31.1 Å². The molecule has 2 N–H and O–H groups in total. The number of aryl methyl sites for hydroxylation is 1. The van der Waals surface area contributed by atoms with Crippen molar-refractivity contribution in [3.63, 3.8) is 0 Å². The third-order valence-corrected chi connectivity index (χ3v) is 13.4. The number of fused-ring (bicyclic) bond motifs is 3. The van der Waals surface area contributed by atoms with Gasteiger partial charge in [-0.2, -0.15) is 5.26 Å². The molecule has 0 aliphatic rings. The number of carbonyl (C=O) groups excluding carboxylic acids is 2. The van der Waals surface area contributed by atoms with Crippen molar-refractivity contribution in [1.29, 1.82) is 0 Å². The van der Waals surface area contributed by atoms with Gasteiger partial charge in [0, 0.05) is 38.6 Å². The maximum Gasteiger partial charge on any atom is 0.372 e. The second-order valence-electron chi connectivity index (χ2n) is 13.8. The predicted molar refractivity (Wildman–Crippen MR) is 208 cm³/mol. The molecular formula is C43H38GeIrN2O7-2. The van der Waals surface area contributed by atoms with Crippen LogP contribution >= 0.6 is 0 Å². The molecule has 4 aromatic carbocycles. The van der Waals surface area contributed by atoms with Crippen LogP contribution in [-0.4, -0.2) is 45.7 Å². The van der Waals surface area contributed by atoms with E-state index in [4.69, 9.17) is 16.3 Å². The summed E-state index contributed by atoms with van der Waals surface area (Å²) < 4.78 is 16.1. The molecule has 0 fully saturated rings. The van der Waals surface area contributed by atoms with Gasteiger partial charge >= 0.3 is 133 Å². The summed E-state index contributed by atoms with van der Waals surface area (Å²) in [4.78, 5) is 39.2. The van der Waals surface area contributed by atoms with Crippen LogP contribution in [0.5, 0.6) is 0 Å². The van der Waals surface area contributed by atoms with Crippen molar-refractivity contribution in [1.82, 2.24) is 9.97 Å². The van der Waals surface area contributed by atoms with E-state index in [9.17, 15) is 9.59 Å². The quantitative estimate of drug-likeness (QED) is 0.0694. The first-order valence-electron chi connectivity index (χ1n) is 17.3. The summed E-state index contributed by atoms with van der Waals surface area (Å²) in [6, 6.07) is 33.4. The zero-order chi connectivity index (χ0) is 38.8. The Morgan fingerprint density at radius 1 is 0.833 bits per heavy atom. The Morgan fingerprint density at radius 3 is 2.15 bits per heavy atom. The maximum atomic E-state index is 11.5. The van der Waals surface area contributed by atoms with Crippen LogP contribution in [0.2, 0.25) is 17.3 Å². The molecule has 0 aliphatic heterocycles. The van der Waals surface area contributed by atoms with Gasteiger partial charge < -0.3 is 9.40 Å². The minimum Gasteiger partial charge on any atom is -0.500 e. The Morgan fingerprint density at radius 2 is 1.52 bits per heavy atom. The molecule has 0 spiro atoms. The first-order valence-corrected chi connectivity index (χ1v) is 24.2. The van der Waals surface area contributed by atoms with Crippen molar-refractivity contribution < 1.29 is 55.8 Å². The molecule has 7 rings (SSSR count). The molecule has 9 nitrogen and oxygen atoms in total. The average Bonchev–Trinajstić information content (AvgIpc) is 3.56. The predicted octanol–water partition coefficient (Wildman–Crippen LogP) is 9.90. The topological polar surface area (TPSA) is 132 Å². The Kier molecular flexibility index (Phi) is 12.2. The average molecular weight is 961 g/mol. The Bertz CT molecular complexity index is 2490. The van der Waals surface area contributed by atoms with Crippen LogP contribution in [0.4, 0.5) is 0 Å². The summed E-state index contributed by atoms with van der Waals surface area (Å²) in [5, 5.41) is 18.8. The second-order valence-corrected chi connectivity index (χ2v) is 24.3. The Balaban J connectivity index is 0.000000229. The van der Waals surface area contributed by atoms with Gasteiger partial charge in [-0.25, -0.2) is 4.79 Å². The van der Waals surface area contributed by atoms with Crippen LogP contribution in [0, 0.1) is 19.1 Å². The molecule has 277 valence electrons. The minimum atomic E-state index is -1.90. The molecule has 0 unspecified atom stereocenters. The van der Waals surface area contributed by atoms with Gasteiger partial charge in [0.15, 0.2) is 0 Å². The summed E-state index contributed by atoms with van der Waals surface area (Å²) >= 11 is -1.90. The van der Waals surface area contributed by atoms with E-state index in [1.807, 2.05) is 62.5 Å². The fraction of sp³-hybridized carbons (Fsp3) is 0.163. The zero-order valence-corrected chi connectivity index (χ0v) is 35.0. The van der Waals surface area contributed by atoms with Crippen molar-refractivity contribution in [3.05, 3.63) is 138 Å². The fourth-order valence-electron chi connectivity index (χ4n) is 6.15. The van der Waals surface area contributed by atoms with Gasteiger partial charge in [0.05, 0.1) is 11.1 Å². The van der Waals surface area contributed by atoms with Crippen LogP contribution in [0.15, 0.2) is 108 Å². The van der Waals surface area contributed by atoms with Gasteiger partial charge in [0.25, 0.3) is 0 Å². The van der Waals surface area contributed by atoms with Crippen molar-refractivity contribution in [3.8, 4) is 33.6 Å². The SMILES string of the molecule is Cc1cc(-c2[c-]cc(C(=O)OO)cc2)nc[c]1[Ge]([CH3])([CH3])[CH3].[2H]C(C)(C)c1ccnc(-c2[c-]ccc3c2oc2c(-c4ccc(C(=O)OO)cc4)cccc23)c1.[Ir]. The number of para-hydroxylation sites is 1. The largest absolute Gasteiger partial charge is 0.500 e. The fourth-order valence-corrected chi connectivity index (χ4v) is 9.73. The van der Waals surface area contributed by atoms with Gasteiger partial charge in [0.2, 0.25) is 0 Å². The summed E-state index contributed by atoms with van der Waals surface area (Å²) in [7, 11) is 0. The van der Waals surface area contributed by atoms with Gasteiger partial charge in [0.1, 0.15) is 5.58 Å². The van der Waals surface area contributed by atoms with E-state index in [1.165, 1.54) is 16.0 Å². The van der Waals surface area contributed by atoms with Crippen molar-refractivity contribution in [2.75, 3.05) is 0 Å². The molecule has 3 heterocycles. The molecule has 1 radical (unpaired) electrons. The summed E-state index contributed by atoms with van der Waals surface area (Å²) in [5.74, 6) is 4.66. The van der Waals surface area contributed by atoms with E-state index >= 15 is 0 Å². The summed E-state index contributed by atoms with van der Waals surface area (Å²) in [5.41, 5.74) is 8.78. The standard InChI is InChI=1S/C27H20NO4.C16H18GeNO3.Ir/c1-16(2)19-13-14-28-24(15-19)23-8-4-7-22-21-6-3-5-20(25(21)31-26(22)23)17-9-11-18(12-10-17)27(29)32-30;1-11-9-15(18-10-14(11)17(2,3)4)12-5-7-13(8-6-12)16(19)21-20;/h3-7,9-16,30H,1-2H3;5,7-10,20H,1-4H3;/q2*-1;/i16D;;. The smallest absolute Gasteiger partial charge is 0.372 e. The summed E-state index contributed by atoms with van der Waals surface area (Å²) in [6.07, 6.45) is 3.68. The zero-order valence-electron chi connectivity index (χ0n) is 31.5. The van der Waals surface area contributed by atoms with Crippen molar-refractivity contribution >= 4 is 51.5 Å². The third kappa shape index (κ3) is 8.54. The number of nitrogens with zero attached hydrogens (tertiary/aromatic N) is 2. The number of pyridine rings is 2. The van der Waals surface area contributed by atoms with Crippen LogP contribution in [0.1, 0.15) is 53.0 Å². The van der Waals surface area contributed by atoms with Crippen LogP contribution in [-0.2, 0) is 29.9 Å². The molecule has 11 heteroatoms. The Labute approximate surface area is 331 Å². The molecule has 54 heavy (non-hydrogen) atoms.